The molecule has 112 valence electrons. The normalized spacial score (nSPS) is 17.9. The molecule has 1 N–H and O–H groups in total. The van der Waals surface area contributed by atoms with E-state index in [1.807, 2.05) is 31.2 Å². The number of thioether (sulfide) groups is 1. The number of imide groups is 1. The summed E-state index contributed by atoms with van der Waals surface area (Å²) in [4.78, 5) is 25.6. The van der Waals surface area contributed by atoms with Crippen LogP contribution in [0.4, 0.5) is 20.6 Å². The van der Waals surface area contributed by atoms with Crippen LogP contribution in [0.3, 0.4) is 0 Å². The molecular formula is C16H13FN2O2S. The van der Waals surface area contributed by atoms with Gasteiger partial charge in [-0.05, 0) is 60.6 Å². The number of nitrogens with one attached hydrogen (secondary N) is 1. The van der Waals surface area contributed by atoms with E-state index < -0.39 is 11.2 Å². The van der Waals surface area contributed by atoms with Gasteiger partial charge in [0.1, 0.15) is 5.82 Å². The van der Waals surface area contributed by atoms with Crippen molar-refractivity contribution in [3.05, 3.63) is 59.9 Å². The van der Waals surface area contributed by atoms with Crippen LogP contribution in [0.2, 0.25) is 0 Å². The lowest BCUT2D eigenvalue weighted by atomic mass is 10.2. The van der Waals surface area contributed by atoms with Crippen LogP contribution in [0.5, 0.6) is 0 Å². The molecule has 2 aromatic carbocycles. The molecule has 0 aliphatic carbocycles. The Hall–Kier alpha value is -2.34. The van der Waals surface area contributed by atoms with Gasteiger partial charge in [-0.3, -0.25) is 9.59 Å². The van der Waals surface area contributed by atoms with E-state index in [-0.39, 0.29) is 11.1 Å². The molecule has 6 heteroatoms. The highest BCUT2D eigenvalue weighted by molar-refractivity contribution is 8.16. The second kappa shape index (κ2) is 5.81. The lowest BCUT2D eigenvalue weighted by Crippen LogP contribution is -2.34. The van der Waals surface area contributed by atoms with E-state index in [1.54, 1.807) is 0 Å². The van der Waals surface area contributed by atoms with Crippen LogP contribution in [-0.4, -0.2) is 16.5 Å². The molecule has 1 aliphatic heterocycles. The quantitative estimate of drug-likeness (QED) is 0.936. The summed E-state index contributed by atoms with van der Waals surface area (Å²) in [5.74, 6) is -0.770. The van der Waals surface area contributed by atoms with Crippen LogP contribution in [-0.2, 0) is 4.79 Å². The maximum Gasteiger partial charge on any atom is 0.295 e. The van der Waals surface area contributed by atoms with Crippen molar-refractivity contribution >= 4 is 34.3 Å². The highest BCUT2D eigenvalue weighted by Crippen LogP contribution is 2.32. The molecular weight excluding hydrogens is 303 g/mol. The zero-order valence-corrected chi connectivity index (χ0v) is 12.6. The number of hydrogen-bond acceptors (Lipinski definition) is 4. The number of carbonyl (C=O) groups is 2. The van der Waals surface area contributed by atoms with E-state index in [0.29, 0.717) is 5.69 Å². The van der Waals surface area contributed by atoms with Crippen molar-refractivity contribution in [3.8, 4) is 0 Å². The third-order valence-corrected chi connectivity index (χ3v) is 4.19. The lowest BCUT2D eigenvalue weighted by molar-refractivity contribution is -0.116. The number of anilines is 2. The minimum atomic E-state index is -0.681. The molecule has 0 unspecified atom stereocenters. The van der Waals surface area contributed by atoms with Crippen molar-refractivity contribution in [2.24, 2.45) is 0 Å². The molecule has 0 radical (unpaired) electrons. The van der Waals surface area contributed by atoms with Gasteiger partial charge in [0.05, 0.1) is 5.69 Å². The van der Waals surface area contributed by atoms with Gasteiger partial charge in [0.15, 0.2) is 5.37 Å². The molecule has 0 aromatic heterocycles. The minimum absolute atomic E-state index is 0.358. The second-order valence-corrected chi connectivity index (χ2v) is 5.98. The monoisotopic (exact) mass is 316 g/mol. The van der Waals surface area contributed by atoms with Gasteiger partial charge >= 0.3 is 0 Å². The predicted octanol–water partition coefficient (Wildman–Crippen LogP) is 3.77. The summed E-state index contributed by atoms with van der Waals surface area (Å²) >= 11 is 0.914. The van der Waals surface area contributed by atoms with Crippen LogP contribution >= 0.6 is 11.8 Å². The Labute approximate surface area is 131 Å². The second-order valence-electron chi connectivity index (χ2n) is 4.93. The molecule has 1 saturated heterocycles. The summed E-state index contributed by atoms with van der Waals surface area (Å²) in [6, 6.07) is 12.8. The molecule has 0 bridgehead atoms. The van der Waals surface area contributed by atoms with Gasteiger partial charge in [-0.1, -0.05) is 12.1 Å². The van der Waals surface area contributed by atoms with Crippen LogP contribution in [0.15, 0.2) is 48.5 Å². The Morgan fingerprint density at radius 2 is 1.86 bits per heavy atom. The molecule has 1 fully saturated rings. The number of rotatable bonds is 3. The molecule has 1 atom stereocenters. The van der Waals surface area contributed by atoms with Crippen molar-refractivity contribution in [3.63, 3.8) is 0 Å². The van der Waals surface area contributed by atoms with E-state index in [4.69, 9.17) is 0 Å². The third kappa shape index (κ3) is 2.82. The van der Waals surface area contributed by atoms with Gasteiger partial charge in [0.2, 0.25) is 0 Å². The molecule has 3 rings (SSSR count). The first-order valence-electron chi connectivity index (χ1n) is 6.68. The van der Waals surface area contributed by atoms with Crippen molar-refractivity contribution in [2.75, 3.05) is 10.2 Å². The van der Waals surface area contributed by atoms with Gasteiger partial charge in [-0.15, -0.1) is 0 Å². The summed E-state index contributed by atoms with van der Waals surface area (Å²) < 4.78 is 13.0. The van der Waals surface area contributed by atoms with Crippen molar-refractivity contribution < 1.29 is 14.0 Å². The molecule has 0 saturated carbocycles. The fourth-order valence-corrected chi connectivity index (χ4v) is 3.12. The van der Waals surface area contributed by atoms with Crippen molar-refractivity contribution in [1.82, 2.24) is 0 Å². The molecule has 1 aliphatic rings. The first-order chi connectivity index (χ1) is 10.5. The Bertz CT molecular complexity index is 733. The number of halogens is 1. The van der Waals surface area contributed by atoms with Gasteiger partial charge in [-0.25, -0.2) is 9.29 Å². The van der Waals surface area contributed by atoms with Crippen molar-refractivity contribution in [2.45, 2.75) is 12.3 Å². The molecule has 4 nitrogen and oxygen atoms in total. The van der Waals surface area contributed by atoms with Gasteiger partial charge in [-0.2, -0.15) is 0 Å². The first kappa shape index (κ1) is 14.6. The fourth-order valence-electron chi connectivity index (χ4n) is 2.21. The zero-order valence-electron chi connectivity index (χ0n) is 11.7. The zero-order chi connectivity index (χ0) is 15.7. The SMILES string of the molecule is Cc1cccc(N[C@H]2SC(=O)N(c3ccc(F)cc3)C2=O)c1. The Morgan fingerprint density at radius 3 is 2.55 bits per heavy atom. The standard InChI is InChI=1S/C16H13FN2O2S/c1-10-3-2-4-12(9-10)18-14-15(20)19(16(21)22-14)13-7-5-11(17)6-8-13/h2-9,14,18H,1H3/t14-/m0/s1. The average molecular weight is 316 g/mol. The molecule has 2 aromatic rings. The smallest absolute Gasteiger partial charge is 0.295 e. The van der Waals surface area contributed by atoms with Crippen LogP contribution in [0.25, 0.3) is 0 Å². The summed E-state index contributed by atoms with van der Waals surface area (Å²) in [6.07, 6.45) is 0. The maximum atomic E-state index is 13.0. The first-order valence-corrected chi connectivity index (χ1v) is 7.56. The third-order valence-electron chi connectivity index (χ3n) is 3.25. The van der Waals surface area contributed by atoms with E-state index in [1.165, 1.54) is 24.3 Å². The number of amides is 2. The maximum absolute atomic E-state index is 13.0. The predicted molar refractivity (Wildman–Crippen MR) is 85.5 cm³/mol. The molecule has 1 heterocycles. The number of carbonyl (C=O) groups excluding carboxylic acids is 2. The summed E-state index contributed by atoms with van der Waals surface area (Å²) in [5.41, 5.74) is 2.21. The topological polar surface area (TPSA) is 49.4 Å². The van der Waals surface area contributed by atoms with Crippen LogP contribution in [0, 0.1) is 12.7 Å². The highest BCUT2D eigenvalue weighted by atomic mass is 32.2. The molecule has 22 heavy (non-hydrogen) atoms. The van der Waals surface area contributed by atoms with Gasteiger partial charge in [0, 0.05) is 5.69 Å². The summed E-state index contributed by atoms with van der Waals surface area (Å²) in [5, 5.41) is 2.00. The highest BCUT2D eigenvalue weighted by Gasteiger charge is 2.40. The Balaban J connectivity index is 1.81. The van der Waals surface area contributed by atoms with E-state index >= 15 is 0 Å². The van der Waals surface area contributed by atoms with Crippen LogP contribution < -0.4 is 10.2 Å². The number of nitrogens with zero attached hydrogens (tertiary/aromatic N) is 1. The Kier molecular flexibility index (Phi) is 3.85. The Morgan fingerprint density at radius 1 is 1.14 bits per heavy atom. The minimum Gasteiger partial charge on any atom is -0.365 e. The van der Waals surface area contributed by atoms with Crippen molar-refractivity contribution in [1.29, 1.82) is 0 Å². The van der Waals surface area contributed by atoms with Gasteiger partial charge < -0.3 is 5.32 Å². The fraction of sp³-hybridized carbons (Fsp3) is 0.125. The number of aryl methyl sites for hydroxylation is 1. The van der Waals surface area contributed by atoms with Gasteiger partial charge in [0.25, 0.3) is 11.1 Å². The lowest BCUT2D eigenvalue weighted by Gasteiger charge is -2.15. The number of benzene rings is 2. The summed E-state index contributed by atoms with van der Waals surface area (Å²) in [6.45, 7) is 1.95. The summed E-state index contributed by atoms with van der Waals surface area (Å²) in [7, 11) is 0. The van der Waals surface area contributed by atoms with E-state index in [2.05, 4.69) is 5.32 Å². The molecule has 0 spiro atoms. The van der Waals surface area contributed by atoms with E-state index in [9.17, 15) is 14.0 Å². The largest absolute Gasteiger partial charge is 0.365 e. The average Bonchev–Trinajstić information content (AvgIpc) is 2.75. The van der Waals surface area contributed by atoms with E-state index in [0.717, 1.165) is 27.9 Å². The number of hydrogen-bond donors (Lipinski definition) is 1. The van der Waals surface area contributed by atoms with Crippen LogP contribution in [0.1, 0.15) is 5.56 Å². The molecule has 2 amide bonds.